The molecule has 0 spiro atoms. The molecular weight excluding hydrogens is 342 g/mol. The molecule has 0 aliphatic rings. The first-order valence-electron chi connectivity index (χ1n) is 8.29. The highest BCUT2D eigenvalue weighted by atomic mass is 16.5. The molecule has 0 saturated carbocycles. The molecule has 0 bridgehead atoms. The zero-order chi connectivity index (χ0) is 18.3. The molecule has 0 N–H and O–H groups in total. The van der Waals surface area contributed by atoms with Crippen LogP contribution >= 0.6 is 0 Å². The first kappa shape index (κ1) is 16.5. The summed E-state index contributed by atoms with van der Waals surface area (Å²) < 4.78 is 17.9. The summed E-state index contributed by atoms with van der Waals surface area (Å²) in [5.74, 6) is 3.06. The van der Waals surface area contributed by atoms with Gasteiger partial charge in [-0.15, -0.1) is 5.10 Å². The summed E-state index contributed by atoms with van der Waals surface area (Å²) in [6, 6.07) is 25.9. The molecule has 4 aromatic rings. The number of nitrogens with zero attached hydrogens (tertiary/aromatic N) is 3. The van der Waals surface area contributed by atoms with Crippen molar-refractivity contribution >= 4 is 0 Å². The summed E-state index contributed by atoms with van der Waals surface area (Å²) in [5, 5.41) is 11.1. The third-order valence-electron chi connectivity index (χ3n) is 3.57. The van der Waals surface area contributed by atoms with Crippen molar-refractivity contribution in [1.29, 1.82) is 0 Å². The topological polar surface area (TPSA) is 66.4 Å². The molecule has 4 rings (SSSR count). The maximum Gasteiger partial charge on any atom is 0.242 e. The second-order valence-corrected chi connectivity index (χ2v) is 5.47. The van der Waals surface area contributed by atoms with Gasteiger partial charge in [0.05, 0.1) is 6.20 Å². The number of ether oxygens (including phenoxy) is 3. The normalized spacial score (nSPS) is 10.2. The van der Waals surface area contributed by atoms with Crippen LogP contribution in [-0.4, -0.2) is 15.4 Å². The van der Waals surface area contributed by atoms with Crippen LogP contribution in [0.5, 0.6) is 34.6 Å². The molecule has 27 heavy (non-hydrogen) atoms. The van der Waals surface area contributed by atoms with Gasteiger partial charge in [-0.3, -0.25) is 0 Å². The maximum atomic E-state index is 6.07. The van der Waals surface area contributed by atoms with Gasteiger partial charge in [-0.25, -0.2) is 0 Å². The number of benzene rings is 3. The van der Waals surface area contributed by atoms with E-state index in [0.29, 0.717) is 34.6 Å². The molecule has 0 aliphatic carbocycles. The number of aromatic nitrogens is 3. The lowest BCUT2D eigenvalue weighted by Gasteiger charge is -2.16. The third kappa shape index (κ3) is 4.19. The smallest absolute Gasteiger partial charge is 0.242 e. The third-order valence-corrected chi connectivity index (χ3v) is 3.57. The van der Waals surface area contributed by atoms with Crippen LogP contribution in [0.4, 0.5) is 0 Å². The van der Waals surface area contributed by atoms with Crippen LogP contribution in [0.1, 0.15) is 0 Å². The predicted octanol–water partition coefficient (Wildman–Crippen LogP) is 5.25. The van der Waals surface area contributed by atoms with Crippen molar-refractivity contribution in [2.45, 2.75) is 0 Å². The van der Waals surface area contributed by atoms with Gasteiger partial charge in [0, 0.05) is 6.07 Å². The Morgan fingerprint density at radius 2 is 1.19 bits per heavy atom. The standard InChI is InChI=1S/C21H15N3O3/c1-3-8-16(9-4-1)25-18-12-7-13-19(27-20-14-15-22-24-23-20)21(18)26-17-10-5-2-6-11-17/h1-15H. The van der Waals surface area contributed by atoms with Crippen molar-refractivity contribution in [2.24, 2.45) is 0 Å². The Hall–Kier alpha value is -3.93. The predicted molar refractivity (Wildman–Crippen MR) is 99.4 cm³/mol. The molecule has 1 aromatic heterocycles. The molecule has 6 heteroatoms. The fraction of sp³-hybridized carbons (Fsp3) is 0. The lowest BCUT2D eigenvalue weighted by molar-refractivity contribution is 0.378. The van der Waals surface area contributed by atoms with Crippen LogP contribution in [-0.2, 0) is 0 Å². The van der Waals surface area contributed by atoms with E-state index in [9.17, 15) is 0 Å². The van der Waals surface area contributed by atoms with E-state index in [1.807, 2.05) is 72.8 Å². The highest BCUT2D eigenvalue weighted by Crippen LogP contribution is 2.43. The SMILES string of the molecule is c1ccc(Oc2cccc(Oc3ccnnn3)c2Oc2ccccc2)cc1. The van der Waals surface area contributed by atoms with E-state index in [0.717, 1.165) is 0 Å². The monoisotopic (exact) mass is 357 g/mol. The van der Waals surface area contributed by atoms with Crippen LogP contribution in [0, 0.1) is 0 Å². The molecule has 0 amide bonds. The number of rotatable bonds is 6. The molecule has 0 fully saturated rings. The van der Waals surface area contributed by atoms with Crippen LogP contribution < -0.4 is 14.2 Å². The summed E-state index contributed by atoms with van der Waals surface area (Å²) in [6.45, 7) is 0. The van der Waals surface area contributed by atoms with Gasteiger partial charge < -0.3 is 14.2 Å². The first-order chi connectivity index (χ1) is 13.4. The maximum absolute atomic E-state index is 6.07. The minimum absolute atomic E-state index is 0.305. The van der Waals surface area contributed by atoms with Crippen molar-refractivity contribution < 1.29 is 14.2 Å². The fourth-order valence-corrected chi connectivity index (χ4v) is 2.38. The fourth-order valence-electron chi connectivity index (χ4n) is 2.38. The quantitative estimate of drug-likeness (QED) is 0.470. The number of hydrogen-bond donors (Lipinski definition) is 0. The molecule has 132 valence electrons. The minimum Gasteiger partial charge on any atom is -0.453 e. The lowest BCUT2D eigenvalue weighted by atomic mass is 10.2. The Balaban J connectivity index is 1.72. The van der Waals surface area contributed by atoms with Gasteiger partial charge in [-0.05, 0) is 41.6 Å². The van der Waals surface area contributed by atoms with Gasteiger partial charge in [0.2, 0.25) is 11.6 Å². The van der Waals surface area contributed by atoms with E-state index in [1.54, 1.807) is 12.1 Å². The minimum atomic E-state index is 0.305. The molecule has 6 nitrogen and oxygen atoms in total. The van der Waals surface area contributed by atoms with Gasteiger partial charge in [0.25, 0.3) is 0 Å². The Morgan fingerprint density at radius 3 is 1.81 bits per heavy atom. The number of para-hydroxylation sites is 3. The summed E-state index contributed by atoms with van der Waals surface area (Å²) in [6.07, 6.45) is 1.50. The van der Waals surface area contributed by atoms with Crippen LogP contribution in [0.15, 0.2) is 91.1 Å². The number of hydrogen-bond acceptors (Lipinski definition) is 6. The van der Waals surface area contributed by atoms with Crippen molar-refractivity contribution in [1.82, 2.24) is 15.4 Å². The first-order valence-corrected chi connectivity index (χ1v) is 8.29. The van der Waals surface area contributed by atoms with Crippen molar-refractivity contribution in [3.8, 4) is 34.6 Å². The van der Waals surface area contributed by atoms with Crippen LogP contribution in [0.25, 0.3) is 0 Å². The molecule has 1 heterocycles. The van der Waals surface area contributed by atoms with Crippen molar-refractivity contribution in [3.05, 3.63) is 91.1 Å². The highest BCUT2D eigenvalue weighted by molar-refractivity contribution is 5.55. The van der Waals surface area contributed by atoms with Crippen molar-refractivity contribution in [2.75, 3.05) is 0 Å². The molecule has 3 aromatic carbocycles. The summed E-state index contributed by atoms with van der Waals surface area (Å²) in [4.78, 5) is 0. The van der Waals surface area contributed by atoms with Crippen LogP contribution in [0.3, 0.4) is 0 Å². The Bertz CT molecular complexity index is 937. The van der Waals surface area contributed by atoms with E-state index in [2.05, 4.69) is 15.4 Å². The molecule has 0 atom stereocenters. The van der Waals surface area contributed by atoms with Gasteiger partial charge in [-0.2, -0.15) is 0 Å². The van der Waals surface area contributed by atoms with E-state index in [1.165, 1.54) is 6.20 Å². The molecule has 0 saturated heterocycles. The zero-order valence-electron chi connectivity index (χ0n) is 14.2. The average molecular weight is 357 g/mol. The Morgan fingerprint density at radius 1 is 0.556 bits per heavy atom. The van der Waals surface area contributed by atoms with Gasteiger partial charge in [0.15, 0.2) is 11.5 Å². The van der Waals surface area contributed by atoms with Gasteiger partial charge in [-0.1, -0.05) is 47.6 Å². The second-order valence-electron chi connectivity index (χ2n) is 5.47. The Kier molecular flexibility index (Phi) is 4.88. The lowest BCUT2D eigenvalue weighted by Crippen LogP contribution is -1.96. The van der Waals surface area contributed by atoms with Crippen molar-refractivity contribution in [3.63, 3.8) is 0 Å². The Labute approximate surface area is 156 Å². The van der Waals surface area contributed by atoms with Crippen LogP contribution in [0.2, 0.25) is 0 Å². The van der Waals surface area contributed by atoms with E-state index < -0.39 is 0 Å². The largest absolute Gasteiger partial charge is 0.453 e. The van der Waals surface area contributed by atoms with E-state index in [-0.39, 0.29) is 0 Å². The van der Waals surface area contributed by atoms with Gasteiger partial charge >= 0.3 is 0 Å². The molecule has 0 aliphatic heterocycles. The highest BCUT2D eigenvalue weighted by Gasteiger charge is 2.16. The van der Waals surface area contributed by atoms with Gasteiger partial charge in [0.1, 0.15) is 11.5 Å². The summed E-state index contributed by atoms with van der Waals surface area (Å²) in [5.41, 5.74) is 0. The molecule has 0 unspecified atom stereocenters. The summed E-state index contributed by atoms with van der Waals surface area (Å²) in [7, 11) is 0. The van der Waals surface area contributed by atoms with E-state index >= 15 is 0 Å². The molecule has 0 radical (unpaired) electrons. The second kappa shape index (κ2) is 7.97. The summed E-state index contributed by atoms with van der Waals surface area (Å²) >= 11 is 0. The van der Waals surface area contributed by atoms with E-state index in [4.69, 9.17) is 14.2 Å². The zero-order valence-corrected chi connectivity index (χ0v) is 14.2. The molecular formula is C21H15N3O3. The average Bonchev–Trinajstić information content (AvgIpc) is 2.73.